The van der Waals surface area contributed by atoms with E-state index < -0.39 is 0 Å². The van der Waals surface area contributed by atoms with Gasteiger partial charge in [0.25, 0.3) is 0 Å². The van der Waals surface area contributed by atoms with Crippen molar-refractivity contribution in [2.75, 3.05) is 19.8 Å². The molecule has 1 atom stereocenters. The monoisotopic (exact) mass is 169 g/mol. The molecule has 1 unspecified atom stereocenters. The normalized spacial score (nSPS) is 33.8. The molecule has 2 aliphatic heterocycles. The Bertz CT molecular complexity index is 197. The Hall–Kier alpha value is -0.570. The van der Waals surface area contributed by atoms with Crippen molar-refractivity contribution in [1.29, 1.82) is 0 Å². The molecule has 3 heteroatoms. The van der Waals surface area contributed by atoms with E-state index in [2.05, 4.69) is 12.2 Å². The summed E-state index contributed by atoms with van der Waals surface area (Å²) in [5.74, 6) is 0.729. The lowest BCUT2D eigenvalue weighted by molar-refractivity contribution is -0.134. The molecule has 0 aromatic carbocycles. The van der Waals surface area contributed by atoms with Crippen LogP contribution >= 0.6 is 0 Å². The third-order valence-electron chi connectivity index (χ3n) is 3.35. The van der Waals surface area contributed by atoms with Gasteiger partial charge in [0.15, 0.2) is 0 Å². The number of carbonyl (C=O) groups excluding carboxylic acids is 1. The number of amides is 1. The van der Waals surface area contributed by atoms with Crippen LogP contribution in [0.5, 0.6) is 0 Å². The number of ether oxygens (including phenoxy) is 1. The second-order valence-electron chi connectivity index (χ2n) is 3.88. The van der Waals surface area contributed by atoms with E-state index in [0.29, 0.717) is 5.92 Å². The van der Waals surface area contributed by atoms with Gasteiger partial charge in [0.05, 0.1) is 5.41 Å². The summed E-state index contributed by atoms with van der Waals surface area (Å²) in [7, 11) is 0. The lowest BCUT2D eigenvalue weighted by Gasteiger charge is -2.34. The minimum Gasteiger partial charge on any atom is -0.381 e. The number of hydrogen-bond donors (Lipinski definition) is 1. The lowest BCUT2D eigenvalue weighted by atomic mass is 9.72. The van der Waals surface area contributed by atoms with Gasteiger partial charge in [-0.05, 0) is 18.8 Å². The summed E-state index contributed by atoms with van der Waals surface area (Å²) in [5.41, 5.74) is -0.0851. The van der Waals surface area contributed by atoms with Crippen LogP contribution in [-0.4, -0.2) is 25.7 Å². The molecule has 3 nitrogen and oxygen atoms in total. The number of rotatable bonds is 0. The van der Waals surface area contributed by atoms with Gasteiger partial charge in [0.2, 0.25) is 5.91 Å². The zero-order valence-electron chi connectivity index (χ0n) is 7.43. The van der Waals surface area contributed by atoms with Gasteiger partial charge in [-0.2, -0.15) is 0 Å². The van der Waals surface area contributed by atoms with Crippen LogP contribution in [0.25, 0.3) is 0 Å². The SMILES string of the molecule is CC1CNC(=O)C12CCOCC2. The maximum atomic E-state index is 11.6. The van der Waals surface area contributed by atoms with Gasteiger partial charge in [-0.1, -0.05) is 6.92 Å². The summed E-state index contributed by atoms with van der Waals surface area (Å²) >= 11 is 0. The average Bonchev–Trinajstić information content (AvgIpc) is 2.36. The Morgan fingerprint density at radius 2 is 2.17 bits per heavy atom. The average molecular weight is 169 g/mol. The van der Waals surface area contributed by atoms with Crippen molar-refractivity contribution < 1.29 is 9.53 Å². The van der Waals surface area contributed by atoms with Gasteiger partial charge in [0.1, 0.15) is 0 Å². The van der Waals surface area contributed by atoms with Crippen LogP contribution in [0, 0.1) is 11.3 Å². The van der Waals surface area contributed by atoms with Gasteiger partial charge in [-0.25, -0.2) is 0 Å². The first kappa shape index (κ1) is 8.05. The minimum absolute atomic E-state index is 0.0851. The quantitative estimate of drug-likeness (QED) is 0.575. The summed E-state index contributed by atoms with van der Waals surface area (Å²) in [6.45, 7) is 4.50. The van der Waals surface area contributed by atoms with Crippen molar-refractivity contribution in [3.05, 3.63) is 0 Å². The predicted molar refractivity (Wildman–Crippen MR) is 44.7 cm³/mol. The largest absolute Gasteiger partial charge is 0.381 e. The molecule has 2 saturated heterocycles. The van der Waals surface area contributed by atoms with Crippen molar-refractivity contribution in [1.82, 2.24) is 5.32 Å². The van der Waals surface area contributed by atoms with Gasteiger partial charge < -0.3 is 10.1 Å². The Balaban J connectivity index is 2.20. The van der Waals surface area contributed by atoms with Crippen molar-refractivity contribution in [2.45, 2.75) is 19.8 Å². The molecule has 2 aliphatic rings. The molecule has 0 bridgehead atoms. The third-order valence-corrected chi connectivity index (χ3v) is 3.35. The minimum atomic E-state index is -0.0851. The molecule has 1 N–H and O–H groups in total. The summed E-state index contributed by atoms with van der Waals surface area (Å²) in [6.07, 6.45) is 1.81. The highest BCUT2D eigenvalue weighted by atomic mass is 16.5. The molecule has 2 heterocycles. The molecule has 0 saturated carbocycles. The Morgan fingerprint density at radius 3 is 2.67 bits per heavy atom. The molecule has 0 aromatic rings. The zero-order valence-corrected chi connectivity index (χ0v) is 7.43. The van der Waals surface area contributed by atoms with Crippen LogP contribution in [0.2, 0.25) is 0 Å². The van der Waals surface area contributed by atoms with E-state index in [1.165, 1.54) is 0 Å². The topological polar surface area (TPSA) is 38.3 Å². The van der Waals surface area contributed by atoms with E-state index in [1.807, 2.05) is 0 Å². The number of carbonyl (C=O) groups is 1. The van der Waals surface area contributed by atoms with Crippen LogP contribution in [0.15, 0.2) is 0 Å². The van der Waals surface area contributed by atoms with Crippen molar-refractivity contribution in [3.8, 4) is 0 Å². The first-order valence-corrected chi connectivity index (χ1v) is 4.62. The van der Waals surface area contributed by atoms with E-state index >= 15 is 0 Å². The molecule has 12 heavy (non-hydrogen) atoms. The lowest BCUT2D eigenvalue weighted by Crippen LogP contribution is -2.39. The summed E-state index contributed by atoms with van der Waals surface area (Å²) < 4.78 is 5.27. The van der Waals surface area contributed by atoms with Gasteiger partial charge >= 0.3 is 0 Å². The van der Waals surface area contributed by atoms with E-state index in [-0.39, 0.29) is 11.3 Å². The second kappa shape index (κ2) is 2.73. The van der Waals surface area contributed by atoms with E-state index in [4.69, 9.17) is 4.74 Å². The summed E-state index contributed by atoms with van der Waals surface area (Å²) in [4.78, 5) is 11.6. The van der Waals surface area contributed by atoms with E-state index in [9.17, 15) is 4.79 Å². The highest BCUT2D eigenvalue weighted by Crippen LogP contribution is 2.41. The standard InChI is InChI=1S/C9H15NO2/c1-7-6-10-8(11)9(7)2-4-12-5-3-9/h7H,2-6H2,1H3,(H,10,11). The number of nitrogens with one attached hydrogen (secondary N) is 1. The first-order valence-electron chi connectivity index (χ1n) is 4.62. The molecule has 0 aliphatic carbocycles. The van der Waals surface area contributed by atoms with E-state index in [0.717, 1.165) is 32.6 Å². The highest BCUT2D eigenvalue weighted by Gasteiger charge is 2.48. The molecule has 2 rings (SSSR count). The predicted octanol–water partition coefficient (Wildman–Crippen LogP) is 0.549. The van der Waals surface area contributed by atoms with Gasteiger partial charge in [-0.3, -0.25) is 4.79 Å². The molecule has 1 amide bonds. The summed E-state index contributed by atoms with van der Waals surface area (Å²) in [5, 5.41) is 2.94. The van der Waals surface area contributed by atoms with Crippen LogP contribution in [0.1, 0.15) is 19.8 Å². The Kier molecular flexibility index (Phi) is 1.83. The fraction of sp³-hybridized carbons (Fsp3) is 0.889. The molecule has 0 aromatic heterocycles. The summed E-state index contributed by atoms with van der Waals surface area (Å²) in [6, 6.07) is 0. The fourth-order valence-electron chi connectivity index (χ4n) is 2.30. The second-order valence-corrected chi connectivity index (χ2v) is 3.88. The van der Waals surface area contributed by atoms with Crippen LogP contribution < -0.4 is 5.32 Å². The van der Waals surface area contributed by atoms with E-state index in [1.54, 1.807) is 0 Å². The first-order chi connectivity index (χ1) is 5.76. The molecule has 68 valence electrons. The number of hydrogen-bond acceptors (Lipinski definition) is 2. The molecule has 0 radical (unpaired) electrons. The maximum absolute atomic E-state index is 11.6. The molecular formula is C9H15NO2. The molecule has 1 spiro atoms. The maximum Gasteiger partial charge on any atom is 0.226 e. The van der Waals surface area contributed by atoms with Crippen molar-refractivity contribution >= 4 is 5.91 Å². The Labute approximate surface area is 72.5 Å². The van der Waals surface area contributed by atoms with Crippen molar-refractivity contribution in [2.24, 2.45) is 11.3 Å². The van der Waals surface area contributed by atoms with Crippen LogP contribution in [0.3, 0.4) is 0 Å². The smallest absolute Gasteiger partial charge is 0.226 e. The van der Waals surface area contributed by atoms with Gasteiger partial charge in [0, 0.05) is 19.8 Å². The van der Waals surface area contributed by atoms with Crippen molar-refractivity contribution in [3.63, 3.8) is 0 Å². The molecular weight excluding hydrogens is 154 g/mol. The van der Waals surface area contributed by atoms with Gasteiger partial charge in [-0.15, -0.1) is 0 Å². The Morgan fingerprint density at radius 1 is 1.50 bits per heavy atom. The highest BCUT2D eigenvalue weighted by molar-refractivity contribution is 5.85. The molecule has 2 fully saturated rings. The zero-order chi connectivity index (χ0) is 8.60. The van der Waals surface area contributed by atoms with Crippen LogP contribution in [0.4, 0.5) is 0 Å². The van der Waals surface area contributed by atoms with Crippen LogP contribution in [-0.2, 0) is 9.53 Å². The fourth-order valence-corrected chi connectivity index (χ4v) is 2.30. The third kappa shape index (κ3) is 0.959.